The molecule has 10 heteroatoms. The van der Waals surface area contributed by atoms with Gasteiger partial charge < -0.3 is 34.5 Å². The number of rotatable bonds is 10. The van der Waals surface area contributed by atoms with E-state index in [1.807, 2.05) is 0 Å². The second-order valence-electron chi connectivity index (χ2n) is 6.67. The van der Waals surface area contributed by atoms with E-state index in [9.17, 15) is 9.59 Å². The van der Waals surface area contributed by atoms with E-state index in [4.69, 9.17) is 30.5 Å². The van der Waals surface area contributed by atoms with Crippen molar-refractivity contribution in [3.63, 3.8) is 0 Å². The maximum atomic E-state index is 12.4. The predicted molar refractivity (Wildman–Crippen MR) is 118 cm³/mol. The average molecular weight is 453 g/mol. The van der Waals surface area contributed by atoms with Crippen LogP contribution in [0.1, 0.15) is 0 Å². The highest BCUT2D eigenvalue weighted by Crippen LogP contribution is 2.39. The molecule has 2 rings (SSSR count). The Morgan fingerprint density at radius 1 is 0.839 bits per heavy atom. The third-order valence-corrected chi connectivity index (χ3v) is 4.54. The van der Waals surface area contributed by atoms with E-state index in [0.29, 0.717) is 44.3 Å². The summed E-state index contributed by atoms with van der Waals surface area (Å²) in [5.41, 5.74) is 0.954. The molecule has 0 fully saturated rings. The fourth-order valence-corrected chi connectivity index (χ4v) is 3.11. The first-order chi connectivity index (χ1) is 14.8. The normalized spacial score (nSPS) is 11.3. The minimum absolute atomic E-state index is 0.0662. The monoisotopic (exact) mass is 452 g/mol. The molecule has 0 saturated heterocycles. The summed E-state index contributed by atoms with van der Waals surface area (Å²) in [5.74, 6) is 1.22. The van der Waals surface area contributed by atoms with Gasteiger partial charge in [-0.25, -0.2) is 0 Å². The number of anilines is 2. The van der Waals surface area contributed by atoms with Crippen LogP contribution in [0, 0.1) is 0 Å². The molecule has 3 N–H and O–H groups in total. The van der Waals surface area contributed by atoms with Crippen LogP contribution in [0.4, 0.5) is 11.4 Å². The summed E-state index contributed by atoms with van der Waals surface area (Å²) in [6, 6.07) is 8.20. The van der Waals surface area contributed by atoms with Crippen LogP contribution < -0.4 is 34.5 Å². The maximum Gasteiger partial charge on any atom is 0.279 e. The van der Waals surface area contributed by atoms with Gasteiger partial charge in [0.05, 0.1) is 41.2 Å². The van der Waals surface area contributed by atoms with Crippen molar-refractivity contribution >= 4 is 34.8 Å². The van der Waals surface area contributed by atoms with Gasteiger partial charge >= 0.3 is 0 Å². The molecule has 2 amide bonds. The minimum atomic E-state index is -0.279. The number of methoxy groups -OCH3 is 4. The zero-order chi connectivity index (χ0) is 23.0. The fourth-order valence-electron chi connectivity index (χ4n) is 2.94. The Kier molecular flexibility index (Phi) is 8.77. The minimum Gasteiger partial charge on any atom is -0.495 e. The van der Waals surface area contributed by atoms with E-state index in [1.54, 1.807) is 37.4 Å². The number of ether oxygens (including phenoxy) is 4. The van der Waals surface area contributed by atoms with E-state index >= 15 is 0 Å². The van der Waals surface area contributed by atoms with Crippen LogP contribution in [0.3, 0.4) is 0 Å². The molecule has 0 aliphatic rings. The smallest absolute Gasteiger partial charge is 0.279 e. The Balaban J connectivity index is 1.97. The summed E-state index contributed by atoms with van der Waals surface area (Å²) >= 11 is 5.98. The summed E-state index contributed by atoms with van der Waals surface area (Å²) in [4.78, 5) is 25.5. The zero-order valence-electron chi connectivity index (χ0n) is 18.1. The summed E-state index contributed by atoms with van der Waals surface area (Å²) < 4.78 is 21.1. The van der Waals surface area contributed by atoms with Gasteiger partial charge in [0.2, 0.25) is 5.75 Å². The first-order valence-corrected chi connectivity index (χ1v) is 9.73. The Morgan fingerprint density at radius 3 is 1.90 bits per heavy atom. The Morgan fingerprint density at radius 2 is 1.39 bits per heavy atom. The molecule has 0 bridgehead atoms. The molecule has 0 radical (unpaired) electrons. The van der Waals surface area contributed by atoms with Crippen LogP contribution in [-0.2, 0) is 9.59 Å². The number of carbonyl (C=O) groups excluding carboxylic acids is 2. The average Bonchev–Trinajstić information content (AvgIpc) is 2.72. The van der Waals surface area contributed by atoms with Gasteiger partial charge in [-0.1, -0.05) is 11.6 Å². The third kappa shape index (κ3) is 6.66. The third-order valence-electron chi connectivity index (χ3n) is 4.31. The molecule has 31 heavy (non-hydrogen) atoms. The van der Waals surface area contributed by atoms with Gasteiger partial charge in [-0.15, -0.1) is 0 Å². The number of halogens is 1. The fraction of sp³-hybridized carbons (Fsp3) is 0.333. The topological polar surface area (TPSA) is 99.6 Å². The summed E-state index contributed by atoms with van der Waals surface area (Å²) in [6.45, 7) is 0.134. The van der Waals surface area contributed by atoms with Gasteiger partial charge in [-0.05, 0) is 18.2 Å². The van der Waals surface area contributed by atoms with E-state index in [2.05, 4.69) is 10.6 Å². The van der Waals surface area contributed by atoms with Crippen molar-refractivity contribution < 1.29 is 33.4 Å². The second kappa shape index (κ2) is 11.3. The lowest BCUT2D eigenvalue weighted by Crippen LogP contribution is -3.11. The van der Waals surface area contributed by atoms with Crippen LogP contribution >= 0.6 is 11.6 Å². The number of quaternary nitrogens is 1. The van der Waals surface area contributed by atoms with Crippen LogP contribution in [0.25, 0.3) is 0 Å². The van der Waals surface area contributed by atoms with Gasteiger partial charge in [-0.2, -0.15) is 0 Å². The highest BCUT2D eigenvalue weighted by atomic mass is 35.5. The highest BCUT2D eigenvalue weighted by molar-refractivity contribution is 6.31. The van der Waals surface area contributed by atoms with E-state index in [1.165, 1.54) is 28.4 Å². The largest absolute Gasteiger partial charge is 0.495 e. The lowest BCUT2D eigenvalue weighted by molar-refractivity contribution is -0.862. The van der Waals surface area contributed by atoms with E-state index in [0.717, 1.165) is 0 Å². The van der Waals surface area contributed by atoms with Gasteiger partial charge in [0.25, 0.3) is 11.8 Å². The summed E-state index contributed by atoms with van der Waals surface area (Å²) in [6.07, 6.45) is 0. The molecule has 0 aromatic heterocycles. The number of likely N-dealkylation sites (N-methyl/N-ethyl adjacent to an activating group) is 1. The molecule has 2 aromatic rings. The Hall–Kier alpha value is -3.17. The number of benzene rings is 2. The molecule has 0 heterocycles. The van der Waals surface area contributed by atoms with Gasteiger partial charge in [0.15, 0.2) is 24.6 Å². The SMILES string of the molecule is COc1ccc(Cl)cc1NC(=O)C[NH+](C)CC(=O)Nc1cc(OC)c(OC)c(OC)c1. The molecule has 9 nitrogen and oxygen atoms in total. The zero-order valence-corrected chi connectivity index (χ0v) is 18.9. The molecule has 168 valence electrons. The van der Waals surface area contributed by atoms with Crippen LogP contribution in [0.5, 0.6) is 23.0 Å². The Bertz CT molecular complexity index is 912. The second-order valence-corrected chi connectivity index (χ2v) is 7.10. The molecule has 2 aromatic carbocycles. The lowest BCUT2D eigenvalue weighted by Gasteiger charge is -2.16. The highest BCUT2D eigenvalue weighted by Gasteiger charge is 2.18. The first kappa shape index (κ1) is 24.1. The van der Waals surface area contributed by atoms with E-state index in [-0.39, 0.29) is 24.9 Å². The standard InChI is InChI=1S/C21H26ClN3O6/c1-25(12-20(27)24-15-8-13(22)6-7-16(15)28-2)11-19(26)23-14-9-17(29-3)21(31-5)18(10-14)30-4/h6-10H,11-12H2,1-5H3,(H,23,26)(H,24,27)/p+1. The van der Waals surface area contributed by atoms with Gasteiger partial charge in [0, 0.05) is 22.8 Å². The van der Waals surface area contributed by atoms with Crippen molar-refractivity contribution in [2.75, 3.05) is 59.2 Å². The van der Waals surface area contributed by atoms with Gasteiger partial charge in [0.1, 0.15) is 5.75 Å². The van der Waals surface area contributed by atoms with Crippen molar-refractivity contribution in [2.24, 2.45) is 0 Å². The molecule has 1 unspecified atom stereocenters. The number of nitrogens with one attached hydrogen (secondary N) is 3. The van der Waals surface area contributed by atoms with Crippen molar-refractivity contribution in [1.82, 2.24) is 0 Å². The van der Waals surface area contributed by atoms with E-state index < -0.39 is 0 Å². The predicted octanol–water partition coefficient (Wildman–Crippen LogP) is 1.47. The Labute approximate surface area is 186 Å². The molecule has 0 aliphatic carbocycles. The van der Waals surface area contributed by atoms with Crippen molar-refractivity contribution in [3.05, 3.63) is 35.4 Å². The number of amides is 2. The molecule has 1 atom stereocenters. The number of carbonyl (C=O) groups is 2. The number of hydrogen-bond acceptors (Lipinski definition) is 6. The molecule has 0 saturated carbocycles. The van der Waals surface area contributed by atoms with Crippen molar-refractivity contribution in [1.29, 1.82) is 0 Å². The van der Waals surface area contributed by atoms with Crippen molar-refractivity contribution in [3.8, 4) is 23.0 Å². The molecule has 0 spiro atoms. The molecular weight excluding hydrogens is 426 g/mol. The summed E-state index contributed by atoms with van der Waals surface area (Å²) in [5, 5.41) is 6.00. The van der Waals surface area contributed by atoms with Crippen LogP contribution in [0.2, 0.25) is 5.02 Å². The molecular formula is C21H27ClN3O6+. The maximum absolute atomic E-state index is 12.4. The van der Waals surface area contributed by atoms with Gasteiger partial charge in [-0.3, -0.25) is 9.59 Å². The first-order valence-electron chi connectivity index (χ1n) is 9.35. The van der Waals surface area contributed by atoms with Crippen molar-refractivity contribution in [2.45, 2.75) is 0 Å². The molecule has 0 aliphatic heterocycles. The number of hydrogen-bond donors (Lipinski definition) is 3. The lowest BCUT2D eigenvalue weighted by atomic mass is 10.2. The van der Waals surface area contributed by atoms with Crippen LogP contribution in [0.15, 0.2) is 30.3 Å². The quantitative estimate of drug-likeness (QED) is 0.505. The van der Waals surface area contributed by atoms with Crippen LogP contribution in [-0.4, -0.2) is 60.4 Å². The summed E-state index contributed by atoms with van der Waals surface area (Å²) in [7, 11) is 7.73.